The van der Waals surface area contributed by atoms with Crippen LogP contribution < -0.4 is 27.6 Å². The molecule has 0 bridgehead atoms. The van der Waals surface area contributed by atoms with Crippen LogP contribution in [0.2, 0.25) is 5.02 Å². The number of pyridine rings is 1. The molecule has 10 heteroatoms. The lowest BCUT2D eigenvalue weighted by Crippen LogP contribution is -2.31. The van der Waals surface area contributed by atoms with Crippen molar-refractivity contribution >= 4 is 46.1 Å². The monoisotopic (exact) mass is 475 g/mol. The number of benzene rings is 2. The molecule has 1 unspecified atom stereocenters. The van der Waals surface area contributed by atoms with Crippen LogP contribution in [-0.2, 0) is 11.2 Å². The van der Waals surface area contributed by atoms with E-state index in [4.69, 9.17) is 23.3 Å². The number of hydrazone groups is 1. The summed E-state index contributed by atoms with van der Waals surface area (Å²) in [5, 5.41) is 9.20. The van der Waals surface area contributed by atoms with Crippen LogP contribution >= 0.6 is 11.6 Å². The van der Waals surface area contributed by atoms with Crippen molar-refractivity contribution in [3.8, 4) is 11.1 Å². The summed E-state index contributed by atoms with van der Waals surface area (Å²) in [5.74, 6) is 11.0. The predicted molar refractivity (Wildman–Crippen MR) is 135 cm³/mol. The number of nitrogens with zero attached hydrogens (tertiary/aromatic N) is 3. The lowest BCUT2D eigenvalue weighted by atomic mass is 10.0. The Hall–Kier alpha value is -4.08. The lowest BCUT2D eigenvalue weighted by molar-refractivity contribution is -0.119. The van der Waals surface area contributed by atoms with E-state index in [1.807, 2.05) is 36.5 Å². The van der Waals surface area contributed by atoms with Crippen molar-refractivity contribution < 1.29 is 4.79 Å². The number of amides is 1. The molecule has 1 aliphatic rings. The molecule has 1 amide bonds. The lowest BCUT2D eigenvalue weighted by Gasteiger charge is -2.19. The van der Waals surface area contributed by atoms with Crippen molar-refractivity contribution in [3.05, 3.63) is 81.9 Å². The van der Waals surface area contributed by atoms with Gasteiger partial charge in [-0.2, -0.15) is 5.10 Å². The molecule has 172 valence electrons. The highest BCUT2D eigenvalue weighted by atomic mass is 35.5. The molecule has 9 nitrogen and oxygen atoms in total. The summed E-state index contributed by atoms with van der Waals surface area (Å²) in [6.45, 7) is 0. The number of hydrazine groups is 1. The largest absolute Gasteiger partial charge is 0.361 e. The van der Waals surface area contributed by atoms with Gasteiger partial charge in [0, 0.05) is 39.7 Å². The van der Waals surface area contributed by atoms with Gasteiger partial charge in [-0.3, -0.25) is 14.6 Å². The minimum Gasteiger partial charge on any atom is -0.361 e. The third-order valence-corrected chi connectivity index (χ3v) is 6.23. The molecule has 3 heterocycles. The second-order valence-electron chi connectivity index (χ2n) is 8.10. The van der Waals surface area contributed by atoms with Crippen LogP contribution in [0.1, 0.15) is 18.2 Å². The topological polar surface area (TPSA) is 135 Å². The first kappa shape index (κ1) is 21.7. The number of carbonyl (C=O) groups excluding carboxylic acids is 1. The van der Waals surface area contributed by atoms with Gasteiger partial charge in [-0.1, -0.05) is 17.7 Å². The van der Waals surface area contributed by atoms with E-state index in [-0.39, 0.29) is 11.5 Å². The zero-order valence-electron chi connectivity index (χ0n) is 18.0. The van der Waals surface area contributed by atoms with Gasteiger partial charge in [0.1, 0.15) is 12.4 Å². The Morgan fingerprint density at radius 3 is 2.88 bits per heavy atom. The Balaban J connectivity index is 1.47. The molecule has 6 N–H and O–H groups in total. The summed E-state index contributed by atoms with van der Waals surface area (Å²) in [5.41, 5.74) is 3.98. The molecular formula is C24H22ClN7O2. The SMILES string of the molecule is N/N=C\N(N)c1ccc(Cl)cc1-c1cc2n(c(=O)c1)C(C(=O)Nc1ccc3cc[nH]c3c1)CC2. The van der Waals surface area contributed by atoms with Crippen LogP contribution in [0, 0.1) is 0 Å². The predicted octanol–water partition coefficient (Wildman–Crippen LogP) is 3.36. The molecule has 0 saturated heterocycles. The number of aromatic nitrogens is 2. The Bertz CT molecular complexity index is 1490. The standard InChI is InChI=1S/C24H22ClN7O2/c25-16-2-5-21(31(27)13-29-26)19(11-16)15-9-18-4-6-22(32(18)23(33)10-15)24(34)30-17-3-1-14-7-8-28-20(14)12-17/h1-3,5,7-13,22,28H,4,6,26-27H2,(H,30,34)/b29-13-. The van der Waals surface area contributed by atoms with Crippen molar-refractivity contribution in [2.75, 3.05) is 10.3 Å². The first-order valence-electron chi connectivity index (χ1n) is 10.7. The number of aryl methyl sites for hydroxylation is 1. The molecule has 4 aromatic rings. The number of H-pyrrole nitrogens is 1. The van der Waals surface area contributed by atoms with Crippen LogP contribution in [0.15, 0.2) is 70.7 Å². The van der Waals surface area contributed by atoms with Crippen molar-refractivity contribution in [1.29, 1.82) is 0 Å². The van der Waals surface area contributed by atoms with Gasteiger partial charge >= 0.3 is 0 Å². The minimum atomic E-state index is -0.592. The number of hydrogen-bond donors (Lipinski definition) is 4. The number of nitrogens with two attached hydrogens (primary N) is 2. The van der Waals surface area contributed by atoms with E-state index in [1.54, 1.807) is 22.8 Å². The second kappa shape index (κ2) is 8.69. The average Bonchev–Trinajstić information content (AvgIpc) is 3.46. The summed E-state index contributed by atoms with van der Waals surface area (Å²) in [6.07, 6.45) is 4.22. The molecule has 0 aliphatic carbocycles. The quantitative estimate of drug-likeness (QED) is 0.152. The number of hydrogen-bond acceptors (Lipinski definition) is 5. The number of carbonyl (C=O) groups is 1. The Morgan fingerprint density at radius 1 is 1.21 bits per heavy atom. The number of aromatic amines is 1. The third kappa shape index (κ3) is 3.91. The van der Waals surface area contributed by atoms with Gasteiger partial charge < -0.3 is 20.7 Å². The maximum atomic E-state index is 13.2. The van der Waals surface area contributed by atoms with E-state index in [1.165, 1.54) is 17.4 Å². The smallest absolute Gasteiger partial charge is 0.252 e. The zero-order chi connectivity index (χ0) is 23.8. The summed E-state index contributed by atoms with van der Waals surface area (Å²) in [6, 6.07) is 15.5. The van der Waals surface area contributed by atoms with Gasteiger partial charge in [-0.15, -0.1) is 0 Å². The highest BCUT2D eigenvalue weighted by Crippen LogP contribution is 2.34. The number of fused-ring (bicyclic) bond motifs is 2. The molecule has 0 radical (unpaired) electrons. The summed E-state index contributed by atoms with van der Waals surface area (Å²) in [7, 11) is 0. The van der Waals surface area contributed by atoms with Gasteiger partial charge in [-0.25, -0.2) is 5.84 Å². The maximum absolute atomic E-state index is 13.2. The molecule has 2 aromatic heterocycles. The maximum Gasteiger partial charge on any atom is 0.252 e. The summed E-state index contributed by atoms with van der Waals surface area (Å²) >= 11 is 6.22. The van der Waals surface area contributed by atoms with Gasteiger partial charge in [0.25, 0.3) is 5.56 Å². The molecule has 1 aliphatic heterocycles. The van der Waals surface area contributed by atoms with Gasteiger partial charge in [0.15, 0.2) is 0 Å². The fourth-order valence-corrected chi connectivity index (χ4v) is 4.62. The van der Waals surface area contributed by atoms with Crippen LogP contribution in [-0.4, -0.2) is 21.8 Å². The summed E-state index contributed by atoms with van der Waals surface area (Å²) in [4.78, 5) is 29.4. The van der Waals surface area contributed by atoms with E-state index in [0.717, 1.165) is 16.6 Å². The Labute approximate surface area is 199 Å². The van der Waals surface area contributed by atoms with Crippen LogP contribution in [0.5, 0.6) is 0 Å². The fraction of sp³-hybridized carbons (Fsp3) is 0.125. The average molecular weight is 476 g/mol. The van der Waals surface area contributed by atoms with Crippen molar-refractivity contribution in [1.82, 2.24) is 9.55 Å². The minimum absolute atomic E-state index is 0.227. The molecule has 5 rings (SSSR count). The van der Waals surface area contributed by atoms with Crippen LogP contribution in [0.25, 0.3) is 22.0 Å². The molecule has 0 spiro atoms. The van der Waals surface area contributed by atoms with E-state index >= 15 is 0 Å². The van der Waals surface area contributed by atoms with E-state index in [9.17, 15) is 9.59 Å². The molecular weight excluding hydrogens is 454 g/mol. The first-order valence-corrected chi connectivity index (χ1v) is 11.0. The van der Waals surface area contributed by atoms with Crippen LogP contribution in [0.3, 0.4) is 0 Å². The molecule has 0 fully saturated rings. The molecule has 1 atom stereocenters. The number of anilines is 2. The Morgan fingerprint density at radius 2 is 2.06 bits per heavy atom. The van der Waals surface area contributed by atoms with Gasteiger partial charge in [0.05, 0.1) is 5.69 Å². The van der Waals surface area contributed by atoms with E-state index in [2.05, 4.69) is 15.4 Å². The highest BCUT2D eigenvalue weighted by Gasteiger charge is 2.30. The highest BCUT2D eigenvalue weighted by molar-refractivity contribution is 6.31. The van der Waals surface area contributed by atoms with E-state index in [0.29, 0.717) is 40.4 Å². The summed E-state index contributed by atoms with van der Waals surface area (Å²) < 4.78 is 1.55. The third-order valence-electron chi connectivity index (χ3n) is 6.00. The van der Waals surface area contributed by atoms with Gasteiger partial charge in [0.2, 0.25) is 5.91 Å². The zero-order valence-corrected chi connectivity index (χ0v) is 18.8. The number of rotatable bonds is 5. The Kier molecular flexibility index (Phi) is 5.56. The molecule has 2 aromatic carbocycles. The number of nitrogens with one attached hydrogen (secondary N) is 2. The number of halogens is 1. The van der Waals surface area contributed by atoms with Gasteiger partial charge in [-0.05, 0) is 66.3 Å². The second-order valence-corrected chi connectivity index (χ2v) is 8.54. The molecule has 0 saturated carbocycles. The van der Waals surface area contributed by atoms with Crippen molar-refractivity contribution in [2.45, 2.75) is 18.9 Å². The van der Waals surface area contributed by atoms with Crippen LogP contribution in [0.4, 0.5) is 11.4 Å². The first-order chi connectivity index (χ1) is 16.4. The van der Waals surface area contributed by atoms with Crippen molar-refractivity contribution in [2.24, 2.45) is 16.8 Å². The normalized spacial score (nSPS) is 15.1. The van der Waals surface area contributed by atoms with E-state index < -0.39 is 6.04 Å². The van der Waals surface area contributed by atoms with Crippen molar-refractivity contribution in [3.63, 3.8) is 0 Å². The fourth-order valence-electron chi connectivity index (χ4n) is 4.45. The molecule has 34 heavy (non-hydrogen) atoms.